The maximum atomic E-state index is 11.7. The van der Waals surface area contributed by atoms with Crippen molar-refractivity contribution >= 4 is 40.1 Å². The molecule has 144 valence electrons. The quantitative estimate of drug-likeness (QED) is 0.231. The molecule has 0 saturated carbocycles. The first kappa shape index (κ1) is 23.5. The zero-order chi connectivity index (χ0) is 19.4. The van der Waals surface area contributed by atoms with Crippen molar-refractivity contribution in [1.29, 1.82) is 0 Å². The summed E-state index contributed by atoms with van der Waals surface area (Å²) in [5.41, 5.74) is 10.4. The number of rotatable bonds is 9. The number of carbonyl (C=O) groups excluding carboxylic acids is 1. The zero-order valence-electron chi connectivity index (χ0n) is 14.3. The summed E-state index contributed by atoms with van der Waals surface area (Å²) in [6.45, 7) is 2.55. The van der Waals surface area contributed by atoms with Gasteiger partial charge in [-0.2, -0.15) is 0 Å². The number of nitrogens with zero attached hydrogens (tertiary/aromatic N) is 1. The zero-order valence-corrected chi connectivity index (χ0v) is 16.2. The van der Waals surface area contributed by atoms with Gasteiger partial charge in [0.2, 0.25) is 5.91 Å². The number of aliphatic carboxylic acids is 2. The van der Waals surface area contributed by atoms with Crippen molar-refractivity contribution in [3.05, 3.63) is 0 Å². The number of carboxylic acid groups (broad SMARTS) is 2. The Hall–Kier alpha value is -1.48. The third-order valence-electron chi connectivity index (χ3n) is 3.62. The van der Waals surface area contributed by atoms with Crippen molar-refractivity contribution < 1.29 is 24.6 Å². The Morgan fingerprint density at radius 1 is 1.24 bits per heavy atom. The van der Waals surface area contributed by atoms with Gasteiger partial charge in [-0.05, 0) is 31.6 Å². The molecule has 1 amide bonds. The molecule has 10 heteroatoms. The number of hydrogen-bond donors (Lipinski definition) is 5. The Labute approximate surface area is 155 Å². The van der Waals surface area contributed by atoms with Gasteiger partial charge in [-0.3, -0.25) is 14.6 Å². The molecule has 0 spiro atoms. The second-order valence-corrected chi connectivity index (χ2v) is 6.61. The SMILES string of the molecule is C[C@@H]1CC=N[C@H]1C(=O)NCCCCC(N)C(=O)O.NC(C[SeH])C(=O)O. The Balaban J connectivity index is 0.000000697. The van der Waals surface area contributed by atoms with E-state index in [0.29, 0.717) is 24.7 Å². The summed E-state index contributed by atoms with van der Waals surface area (Å²) in [5, 5.41) is 19.9. The van der Waals surface area contributed by atoms with Gasteiger partial charge in [0.05, 0.1) is 0 Å². The summed E-state index contributed by atoms with van der Waals surface area (Å²) in [4.78, 5) is 36.1. The van der Waals surface area contributed by atoms with Crippen LogP contribution in [0.5, 0.6) is 0 Å². The van der Waals surface area contributed by atoms with Gasteiger partial charge in [0.1, 0.15) is 12.1 Å². The van der Waals surface area contributed by atoms with Crippen molar-refractivity contribution in [1.82, 2.24) is 5.32 Å². The van der Waals surface area contributed by atoms with E-state index < -0.39 is 24.0 Å². The van der Waals surface area contributed by atoms with E-state index in [1.165, 1.54) is 0 Å². The first-order valence-corrected chi connectivity index (χ1v) is 9.40. The number of carbonyl (C=O) groups is 3. The Kier molecular flexibility index (Phi) is 12.1. The summed E-state index contributed by atoms with van der Waals surface area (Å²) in [6.07, 6.45) is 4.50. The molecule has 0 bridgehead atoms. The molecular formula is C15H28N4O5Se. The molecular weight excluding hydrogens is 395 g/mol. The van der Waals surface area contributed by atoms with Gasteiger partial charge in [-0.1, -0.05) is 6.92 Å². The third-order valence-corrected chi connectivity index (χ3v) is 4.45. The van der Waals surface area contributed by atoms with Crippen LogP contribution in [0.3, 0.4) is 0 Å². The number of unbranched alkanes of at least 4 members (excludes halogenated alkanes) is 1. The summed E-state index contributed by atoms with van der Waals surface area (Å²) in [6, 6.07) is -1.77. The van der Waals surface area contributed by atoms with Crippen LogP contribution < -0.4 is 16.8 Å². The van der Waals surface area contributed by atoms with Crippen LogP contribution in [0.1, 0.15) is 32.6 Å². The molecule has 0 aromatic heterocycles. The number of amides is 1. The molecule has 2 unspecified atom stereocenters. The fourth-order valence-electron chi connectivity index (χ4n) is 1.95. The number of hydrogen-bond acceptors (Lipinski definition) is 6. The molecule has 1 aliphatic heterocycles. The van der Waals surface area contributed by atoms with Crippen LogP contribution in [0.25, 0.3) is 0 Å². The standard InChI is InChI=1S/C12H21N3O3.C3H7NO2Se/c1-8-5-7-14-10(8)11(16)15-6-3-2-4-9(13)12(17)18;4-2(1-7)3(5)6/h7-10H,2-6,13H2,1H3,(H,15,16)(H,17,18);2,7H,1,4H2,(H,5,6)/t8-,9?,10-;/m1./s1. The van der Waals surface area contributed by atoms with Crippen molar-refractivity contribution in [2.24, 2.45) is 22.4 Å². The normalized spacial score (nSPS) is 21.0. The van der Waals surface area contributed by atoms with Crippen molar-refractivity contribution in [3.8, 4) is 0 Å². The summed E-state index contributed by atoms with van der Waals surface area (Å²) in [7, 11) is 0. The summed E-state index contributed by atoms with van der Waals surface area (Å²) < 4.78 is 0. The van der Waals surface area contributed by atoms with Gasteiger partial charge in [0, 0.05) is 12.8 Å². The minimum absolute atomic E-state index is 0.0428. The van der Waals surface area contributed by atoms with Crippen molar-refractivity contribution in [2.45, 2.75) is 56.1 Å². The number of nitrogens with one attached hydrogen (secondary N) is 1. The van der Waals surface area contributed by atoms with Gasteiger partial charge in [-0.15, -0.1) is 0 Å². The van der Waals surface area contributed by atoms with Crippen LogP contribution in [0.15, 0.2) is 4.99 Å². The number of carboxylic acids is 2. The average Bonchev–Trinajstić information content (AvgIpc) is 2.99. The number of nitrogens with two attached hydrogens (primary N) is 2. The summed E-state index contributed by atoms with van der Waals surface area (Å²) >= 11 is 2.13. The second kappa shape index (κ2) is 12.8. The van der Waals surface area contributed by atoms with E-state index >= 15 is 0 Å². The van der Waals surface area contributed by atoms with Gasteiger partial charge >= 0.3 is 54.9 Å². The molecule has 0 aromatic carbocycles. The van der Waals surface area contributed by atoms with Crippen LogP contribution >= 0.6 is 0 Å². The Morgan fingerprint density at radius 3 is 2.24 bits per heavy atom. The molecule has 4 atom stereocenters. The molecule has 1 rings (SSSR count). The van der Waals surface area contributed by atoms with E-state index in [9.17, 15) is 14.4 Å². The van der Waals surface area contributed by atoms with E-state index in [2.05, 4.69) is 26.3 Å². The fourth-order valence-corrected chi connectivity index (χ4v) is 2.28. The molecule has 9 nitrogen and oxygen atoms in total. The predicted molar refractivity (Wildman–Crippen MR) is 96.1 cm³/mol. The van der Waals surface area contributed by atoms with Crippen molar-refractivity contribution in [3.63, 3.8) is 0 Å². The molecule has 25 heavy (non-hydrogen) atoms. The monoisotopic (exact) mass is 424 g/mol. The number of aliphatic imine (C=N–C) groups is 1. The van der Waals surface area contributed by atoms with E-state index in [-0.39, 0.29) is 17.9 Å². The van der Waals surface area contributed by atoms with Gasteiger partial charge in [-0.25, -0.2) is 0 Å². The minimum atomic E-state index is -0.979. The summed E-state index contributed by atoms with van der Waals surface area (Å²) in [5.74, 6) is -1.70. The third kappa shape index (κ3) is 10.2. The van der Waals surface area contributed by atoms with E-state index in [4.69, 9.17) is 21.7 Å². The molecule has 1 aliphatic rings. The van der Waals surface area contributed by atoms with E-state index in [1.54, 1.807) is 6.21 Å². The molecule has 1 heterocycles. The predicted octanol–water partition coefficient (Wildman–Crippen LogP) is -1.12. The van der Waals surface area contributed by atoms with E-state index in [1.807, 2.05) is 6.92 Å². The molecule has 0 aromatic rings. The molecule has 0 saturated heterocycles. The van der Waals surface area contributed by atoms with Gasteiger partial charge in [0.25, 0.3) is 0 Å². The molecule has 0 fully saturated rings. The van der Waals surface area contributed by atoms with Gasteiger partial charge < -0.3 is 16.2 Å². The Bertz CT molecular complexity index is 475. The maximum absolute atomic E-state index is 11.7. The van der Waals surface area contributed by atoms with Crippen LogP contribution in [0, 0.1) is 5.92 Å². The molecule has 0 aliphatic carbocycles. The van der Waals surface area contributed by atoms with Crippen LogP contribution in [-0.4, -0.2) is 75.0 Å². The molecule has 0 radical (unpaired) electrons. The second-order valence-electron chi connectivity index (χ2n) is 5.85. The fraction of sp³-hybridized carbons (Fsp3) is 0.733. The van der Waals surface area contributed by atoms with Crippen LogP contribution in [-0.2, 0) is 14.4 Å². The van der Waals surface area contributed by atoms with Gasteiger partial charge in [0.15, 0.2) is 0 Å². The average molecular weight is 423 g/mol. The van der Waals surface area contributed by atoms with Crippen molar-refractivity contribution in [2.75, 3.05) is 6.54 Å². The van der Waals surface area contributed by atoms with E-state index in [0.717, 1.165) is 12.8 Å². The molecule has 7 N–H and O–H groups in total. The van der Waals surface area contributed by atoms with Crippen LogP contribution in [0.4, 0.5) is 0 Å². The first-order chi connectivity index (χ1) is 11.7. The first-order valence-electron chi connectivity index (χ1n) is 8.07. The topological polar surface area (TPSA) is 168 Å². The Morgan fingerprint density at radius 2 is 1.84 bits per heavy atom. The van der Waals surface area contributed by atoms with Crippen LogP contribution in [0.2, 0.25) is 5.32 Å².